The van der Waals surface area contributed by atoms with E-state index in [0.717, 1.165) is 15.9 Å². The highest BCUT2D eigenvalue weighted by Crippen LogP contribution is 2.39. The summed E-state index contributed by atoms with van der Waals surface area (Å²) in [4.78, 5) is 30.3. The highest BCUT2D eigenvalue weighted by atomic mass is 79.9. The van der Waals surface area contributed by atoms with E-state index in [0.29, 0.717) is 36.4 Å². The van der Waals surface area contributed by atoms with Gasteiger partial charge in [0.2, 0.25) is 0 Å². The van der Waals surface area contributed by atoms with Crippen LogP contribution in [0.25, 0.3) is 6.08 Å². The maximum Gasteiger partial charge on any atom is 0.434 e. The Bertz CT molecular complexity index is 2050. The molecule has 0 aliphatic carbocycles. The monoisotopic (exact) mass is 779 g/mol. The number of nitriles is 1. The highest BCUT2D eigenvalue weighted by Gasteiger charge is 2.45. The van der Waals surface area contributed by atoms with E-state index in [1.54, 1.807) is 36.4 Å². The quantitative estimate of drug-likeness (QED) is 0.189. The molecule has 0 unspecified atom stereocenters. The lowest BCUT2D eigenvalue weighted by molar-refractivity contribution is -0.140. The van der Waals surface area contributed by atoms with Crippen molar-refractivity contribution in [3.05, 3.63) is 128 Å². The third-order valence-electron chi connectivity index (χ3n) is 6.61. The minimum atomic E-state index is -5.01. The molecule has 0 N–H and O–H groups in total. The average Bonchev–Trinajstić information content (AvgIpc) is 3.30. The van der Waals surface area contributed by atoms with Crippen LogP contribution in [0, 0.1) is 11.3 Å². The minimum absolute atomic E-state index is 0.0785. The molecule has 0 fully saturated rings. The molecule has 1 aromatic heterocycles. The van der Waals surface area contributed by atoms with Gasteiger partial charge in [-0.05, 0) is 86.3 Å². The molecule has 0 amide bonds. The fourth-order valence-electron chi connectivity index (χ4n) is 4.66. The Morgan fingerprint density at radius 3 is 2.44 bits per heavy atom. The Labute approximate surface area is 279 Å². The maximum absolute atomic E-state index is 14.3. The Hall–Kier alpha value is -3.70. The Morgan fingerprint density at radius 2 is 1.82 bits per heavy atom. The first kappa shape index (κ1) is 32.7. The number of hydrogen-bond donors (Lipinski definition) is 0. The SMILES string of the molecule is CCOC(=O)C1=C(C(F)(F)F)N=c2s/c(=C\c3cc(Br)c(OCc4ccccc4C#N)c(Br)c3)c(=O)n2[C@@H]1c1ccc(Cl)cc1. The van der Waals surface area contributed by atoms with Gasteiger partial charge in [-0.3, -0.25) is 9.36 Å². The zero-order chi connectivity index (χ0) is 32.5. The first-order valence-electron chi connectivity index (χ1n) is 13.1. The van der Waals surface area contributed by atoms with E-state index in [-0.39, 0.29) is 28.1 Å². The van der Waals surface area contributed by atoms with Gasteiger partial charge in [0, 0.05) is 10.6 Å². The maximum atomic E-state index is 14.3. The van der Waals surface area contributed by atoms with Crippen LogP contribution in [0.4, 0.5) is 13.2 Å². The number of halogens is 6. The van der Waals surface area contributed by atoms with Crippen LogP contribution in [-0.4, -0.2) is 23.3 Å². The van der Waals surface area contributed by atoms with Crippen LogP contribution in [0.2, 0.25) is 5.02 Å². The molecule has 14 heteroatoms. The summed E-state index contributed by atoms with van der Waals surface area (Å²) < 4.78 is 56.1. The number of fused-ring (bicyclic) bond motifs is 1. The summed E-state index contributed by atoms with van der Waals surface area (Å²) >= 11 is 13.7. The normalized spacial score (nSPS) is 14.9. The van der Waals surface area contributed by atoms with Gasteiger partial charge in [0.05, 0.1) is 43.3 Å². The van der Waals surface area contributed by atoms with E-state index < -0.39 is 35.0 Å². The number of carbonyl (C=O) groups excluding carboxylic acids is 1. The second-order valence-electron chi connectivity index (χ2n) is 9.49. The Kier molecular flexibility index (Phi) is 9.69. The molecule has 0 saturated heterocycles. The molecule has 0 saturated carbocycles. The molecule has 7 nitrogen and oxygen atoms in total. The zero-order valence-electron chi connectivity index (χ0n) is 23.0. The van der Waals surface area contributed by atoms with Gasteiger partial charge < -0.3 is 9.47 Å². The summed E-state index contributed by atoms with van der Waals surface area (Å²) in [6, 6.07) is 16.8. The lowest BCUT2D eigenvalue weighted by Gasteiger charge is -2.26. The molecule has 1 aliphatic rings. The number of carbonyl (C=O) groups is 1. The van der Waals surface area contributed by atoms with Crippen LogP contribution in [0.1, 0.15) is 35.2 Å². The summed E-state index contributed by atoms with van der Waals surface area (Å²) in [5.41, 5.74) is -0.964. The summed E-state index contributed by atoms with van der Waals surface area (Å²) in [5, 5.41) is 9.67. The van der Waals surface area contributed by atoms with Gasteiger partial charge in [-0.25, -0.2) is 9.79 Å². The Balaban J connectivity index is 1.62. The van der Waals surface area contributed by atoms with Crippen molar-refractivity contribution >= 4 is 66.8 Å². The minimum Gasteiger partial charge on any atom is -0.486 e. The van der Waals surface area contributed by atoms with Crippen LogP contribution in [0.5, 0.6) is 5.75 Å². The van der Waals surface area contributed by atoms with E-state index >= 15 is 0 Å². The van der Waals surface area contributed by atoms with Gasteiger partial charge >= 0.3 is 12.1 Å². The van der Waals surface area contributed by atoms with Crippen molar-refractivity contribution in [2.75, 3.05) is 6.61 Å². The van der Waals surface area contributed by atoms with Crippen LogP contribution >= 0.6 is 54.8 Å². The molecule has 230 valence electrons. The van der Waals surface area contributed by atoms with Gasteiger partial charge in [0.15, 0.2) is 10.5 Å². The number of aromatic nitrogens is 1. The zero-order valence-corrected chi connectivity index (χ0v) is 27.7. The number of nitrogens with zero attached hydrogens (tertiary/aromatic N) is 3. The first-order valence-corrected chi connectivity index (χ1v) is 15.9. The molecule has 1 atom stereocenters. The molecule has 4 aromatic rings. The number of rotatable bonds is 7. The second-order valence-corrected chi connectivity index (χ2v) is 12.6. The number of ether oxygens (including phenoxy) is 2. The van der Waals surface area contributed by atoms with Crippen molar-refractivity contribution < 1.29 is 27.4 Å². The molecule has 1 aliphatic heterocycles. The fraction of sp³-hybridized carbons (Fsp3) is 0.161. The molecule has 0 spiro atoms. The number of esters is 1. The molecule has 2 heterocycles. The molecule has 5 rings (SSSR count). The second kappa shape index (κ2) is 13.3. The van der Waals surface area contributed by atoms with Gasteiger partial charge in [-0.15, -0.1) is 0 Å². The van der Waals surface area contributed by atoms with Crippen LogP contribution < -0.4 is 19.6 Å². The van der Waals surface area contributed by atoms with Crippen molar-refractivity contribution in [3.8, 4) is 11.8 Å². The number of hydrogen-bond acceptors (Lipinski definition) is 7. The van der Waals surface area contributed by atoms with Gasteiger partial charge in [-0.2, -0.15) is 18.4 Å². The lowest BCUT2D eigenvalue weighted by Crippen LogP contribution is -2.41. The number of alkyl halides is 3. The van der Waals surface area contributed by atoms with Crippen molar-refractivity contribution in [1.29, 1.82) is 5.26 Å². The van der Waals surface area contributed by atoms with Gasteiger partial charge in [-0.1, -0.05) is 53.3 Å². The fourth-order valence-corrected chi connectivity index (χ4v) is 7.24. The van der Waals surface area contributed by atoms with Crippen LogP contribution in [0.3, 0.4) is 0 Å². The van der Waals surface area contributed by atoms with Crippen LogP contribution in [-0.2, 0) is 16.1 Å². The predicted molar refractivity (Wildman–Crippen MR) is 170 cm³/mol. The van der Waals surface area contributed by atoms with E-state index in [9.17, 15) is 28.0 Å². The van der Waals surface area contributed by atoms with Crippen molar-refractivity contribution in [3.63, 3.8) is 0 Å². The number of allylic oxidation sites excluding steroid dienone is 1. The topological polar surface area (TPSA) is 93.7 Å². The van der Waals surface area contributed by atoms with Crippen molar-refractivity contribution in [2.24, 2.45) is 4.99 Å². The molecule has 0 radical (unpaired) electrons. The Morgan fingerprint density at radius 1 is 1.16 bits per heavy atom. The van der Waals surface area contributed by atoms with Crippen molar-refractivity contribution in [2.45, 2.75) is 25.7 Å². The van der Waals surface area contributed by atoms with Crippen molar-refractivity contribution in [1.82, 2.24) is 4.57 Å². The molecule has 0 bridgehead atoms. The standard InChI is InChI=1S/C31H19Br2ClF3N3O4S/c1-2-43-29(42)24-25(17-7-9-20(34)10-8-17)40-28(41)23(45-30(40)39-27(24)31(35,36)37)13-16-11-21(32)26(22(33)12-16)44-15-19-6-4-3-5-18(19)14-38/h3-13,25H,2,15H2,1H3/b23-13-/t25-/m1/s1. The number of thiazole rings is 1. The molecule has 45 heavy (non-hydrogen) atoms. The molecular weight excluding hydrogens is 763 g/mol. The highest BCUT2D eigenvalue weighted by molar-refractivity contribution is 9.11. The summed E-state index contributed by atoms with van der Waals surface area (Å²) in [6.45, 7) is 1.41. The van der Waals surface area contributed by atoms with E-state index in [2.05, 4.69) is 42.9 Å². The predicted octanol–water partition coefficient (Wildman–Crippen LogP) is 6.97. The summed E-state index contributed by atoms with van der Waals surface area (Å²) in [6.07, 6.45) is -3.50. The van der Waals surface area contributed by atoms with Gasteiger partial charge in [0.1, 0.15) is 12.4 Å². The first-order chi connectivity index (χ1) is 21.4. The average molecular weight is 782 g/mol. The number of benzene rings is 3. The third kappa shape index (κ3) is 6.79. The van der Waals surface area contributed by atoms with Gasteiger partial charge in [0.25, 0.3) is 5.56 Å². The third-order valence-corrected chi connectivity index (χ3v) is 9.02. The van der Waals surface area contributed by atoms with E-state index in [4.69, 9.17) is 21.1 Å². The van der Waals surface area contributed by atoms with E-state index in [1.165, 1.54) is 37.3 Å². The summed E-state index contributed by atoms with van der Waals surface area (Å²) in [5.74, 6) is -0.790. The summed E-state index contributed by atoms with van der Waals surface area (Å²) in [7, 11) is 0. The largest absolute Gasteiger partial charge is 0.486 e. The molecule has 3 aromatic carbocycles. The lowest BCUT2D eigenvalue weighted by atomic mass is 9.95. The molecular formula is C31H19Br2ClF3N3O4S. The van der Waals surface area contributed by atoms with E-state index in [1.807, 2.05) is 0 Å². The van der Waals surface area contributed by atoms with Crippen LogP contribution in [0.15, 0.2) is 90.7 Å². The smallest absolute Gasteiger partial charge is 0.434 e.